The van der Waals surface area contributed by atoms with Gasteiger partial charge in [-0.05, 0) is 6.42 Å². The maximum absolute atomic E-state index is 5.57. The average Bonchev–Trinajstić information content (AvgIpc) is 2.55. The van der Waals surface area contributed by atoms with Crippen molar-refractivity contribution in [2.75, 3.05) is 13.2 Å². The van der Waals surface area contributed by atoms with E-state index in [2.05, 4.69) is 12.7 Å². The predicted molar refractivity (Wildman–Crippen MR) is 46.8 cm³/mol. The van der Waals surface area contributed by atoms with Crippen LogP contribution in [0.2, 0.25) is 0 Å². The molecule has 66 valence electrons. The van der Waals surface area contributed by atoms with Crippen molar-refractivity contribution in [3.05, 3.63) is 24.3 Å². The first-order chi connectivity index (χ1) is 5.85. The molecule has 0 amide bonds. The Labute approximate surface area is 72.9 Å². The van der Waals surface area contributed by atoms with E-state index in [0.717, 1.165) is 32.5 Å². The second-order valence-corrected chi connectivity index (χ2v) is 3.29. The van der Waals surface area contributed by atoms with Crippen LogP contribution in [-0.2, 0) is 9.47 Å². The number of hydrogen-bond acceptors (Lipinski definition) is 2. The first kappa shape index (κ1) is 8.02. The molecule has 2 nitrogen and oxygen atoms in total. The van der Waals surface area contributed by atoms with Crippen molar-refractivity contribution in [2.45, 2.75) is 25.0 Å². The van der Waals surface area contributed by atoms with Crippen LogP contribution >= 0.6 is 0 Å². The number of allylic oxidation sites excluding steroid dienone is 2. The summed E-state index contributed by atoms with van der Waals surface area (Å²) in [7, 11) is 0. The highest BCUT2D eigenvalue weighted by Gasteiger charge is 2.36. The highest BCUT2D eigenvalue weighted by Crippen LogP contribution is 2.34. The molecule has 1 aliphatic carbocycles. The van der Waals surface area contributed by atoms with Gasteiger partial charge in [-0.25, -0.2) is 0 Å². The van der Waals surface area contributed by atoms with E-state index in [4.69, 9.17) is 9.47 Å². The molecule has 0 aromatic carbocycles. The van der Waals surface area contributed by atoms with Gasteiger partial charge in [0.05, 0.1) is 13.2 Å². The normalized spacial score (nSPS) is 27.2. The fourth-order valence-electron chi connectivity index (χ4n) is 1.77. The highest BCUT2D eigenvalue weighted by atomic mass is 16.7. The van der Waals surface area contributed by atoms with Gasteiger partial charge >= 0.3 is 0 Å². The van der Waals surface area contributed by atoms with Gasteiger partial charge in [-0.2, -0.15) is 0 Å². The molecule has 0 N–H and O–H groups in total. The molecule has 1 heterocycles. The summed E-state index contributed by atoms with van der Waals surface area (Å²) in [6, 6.07) is 0. The first-order valence-electron chi connectivity index (χ1n) is 4.44. The molecular formula is C10H14O2. The maximum atomic E-state index is 5.57. The molecule has 0 unspecified atom stereocenters. The molecule has 2 heteroatoms. The second-order valence-electron chi connectivity index (χ2n) is 3.29. The number of ether oxygens (including phenoxy) is 2. The lowest BCUT2D eigenvalue weighted by Crippen LogP contribution is -2.31. The van der Waals surface area contributed by atoms with E-state index in [1.807, 2.05) is 6.08 Å². The van der Waals surface area contributed by atoms with E-state index < -0.39 is 0 Å². The largest absolute Gasteiger partial charge is 0.347 e. The summed E-state index contributed by atoms with van der Waals surface area (Å²) in [5.41, 5.74) is 1.32. The fraction of sp³-hybridized carbons (Fsp3) is 0.600. The van der Waals surface area contributed by atoms with Crippen LogP contribution in [0.3, 0.4) is 0 Å². The molecular weight excluding hydrogens is 152 g/mol. The second kappa shape index (κ2) is 3.04. The quantitative estimate of drug-likeness (QED) is 0.593. The van der Waals surface area contributed by atoms with Crippen LogP contribution in [0.25, 0.3) is 0 Å². The summed E-state index contributed by atoms with van der Waals surface area (Å²) < 4.78 is 11.1. The van der Waals surface area contributed by atoms with Gasteiger partial charge in [0.2, 0.25) is 0 Å². The SMILES string of the molecule is C=CC1=CCC2(CC1)OCCO2. The first-order valence-corrected chi connectivity index (χ1v) is 4.44. The van der Waals surface area contributed by atoms with E-state index >= 15 is 0 Å². The zero-order chi connectivity index (χ0) is 8.44. The Kier molecular flexibility index (Phi) is 2.03. The molecule has 12 heavy (non-hydrogen) atoms. The van der Waals surface area contributed by atoms with Gasteiger partial charge in [-0.3, -0.25) is 0 Å². The van der Waals surface area contributed by atoms with Crippen molar-refractivity contribution in [1.82, 2.24) is 0 Å². The van der Waals surface area contributed by atoms with E-state index in [9.17, 15) is 0 Å². The van der Waals surface area contributed by atoms with Crippen molar-refractivity contribution in [3.8, 4) is 0 Å². The molecule has 0 saturated carbocycles. The molecule has 2 rings (SSSR count). The zero-order valence-electron chi connectivity index (χ0n) is 7.21. The summed E-state index contributed by atoms with van der Waals surface area (Å²) in [4.78, 5) is 0. The summed E-state index contributed by atoms with van der Waals surface area (Å²) in [5, 5.41) is 0. The van der Waals surface area contributed by atoms with Crippen molar-refractivity contribution in [3.63, 3.8) is 0 Å². The van der Waals surface area contributed by atoms with Crippen molar-refractivity contribution in [1.29, 1.82) is 0 Å². The molecule has 0 atom stereocenters. The smallest absolute Gasteiger partial charge is 0.172 e. The van der Waals surface area contributed by atoms with Crippen LogP contribution in [0.5, 0.6) is 0 Å². The molecule has 1 saturated heterocycles. The molecule has 1 spiro atoms. The third kappa shape index (κ3) is 1.32. The topological polar surface area (TPSA) is 18.5 Å². The number of hydrogen-bond donors (Lipinski definition) is 0. The van der Waals surface area contributed by atoms with Crippen molar-refractivity contribution >= 4 is 0 Å². The molecule has 0 radical (unpaired) electrons. The third-order valence-electron chi connectivity index (χ3n) is 2.55. The molecule has 2 aliphatic rings. The molecule has 0 bridgehead atoms. The monoisotopic (exact) mass is 166 g/mol. The van der Waals surface area contributed by atoms with Gasteiger partial charge in [0.15, 0.2) is 5.79 Å². The lowest BCUT2D eigenvalue weighted by molar-refractivity contribution is -0.161. The van der Waals surface area contributed by atoms with Gasteiger partial charge in [0.1, 0.15) is 0 Å². The van der Waals surface area contributed by atoms with Crippen molar-refractivity contribution < 1.29 is 9.47 Å². The van der Waals surface area contributed by atoms with Crippen molar-refractivity contribution in [2.24, 2.45) is 0 Å². The minimum Gasteiger partial charge on any atom is -0.347 e. The lowest BCUT2D eigenvalue weighted by atomic mass is 9.94. The molecule has 1 fully saturated rings. The zero-order valence-corrected chi connectivity index (χ0v) is 7.21. The van der Waals surface area contributed by atoms with Crippen LogP contribution in [0, 0.1) is 0 Å². The summed E-state index contributed by atoms with van der Waals surface area (Å²) in [5.74, 6) is -0.271. The van der Waals surface area contributed by atoms with E-state index in [1.54, 1.807) is 0 Å². The Bertz CT molecular complexity index is 212. The Balaban J connectivity index is 2.05. The summed E-state index contributed by atoms with van der Waals surface area (Å²) >= 11 is 0. The Hall–Kier alpha value is -0.600. The van der Waals surface area contributed by atoms with Crippen LogP contribution in [-0.4, -0.2) is 19.0 Å². The van der Waals surface area contributed by atoms with Crippen LogP contribution in [0.4, 0.5) is 0 Å². The molecule has 1 aliphatic heterocycles. The Morgan fingerprint density at radius 1 is 1.42 bits per heavy atom. The Morgan fingerprint density at radius 2 is 2.17 bits per heavy atom. The summed E-state index contributed by atoms with van der Waals surface area (Å²) in [6.45, 7) is 5.24. The van der Waals surface area contributed by atoms with Crippen LogP contribution in [0.1, 0.15) is 19.3 Å². The third-order valence-corrected chi connectivity index (χ3v) is 2.55. The van der Waals surface area contributed by atoms with Crippen LogP contribution < -0.4 is 0 Å². The Morgan fingerprint density at radius 3 is 2.67 bits per heavy atom. The van der Waals surface area contributed by atoms with E-state index in [0.29, 0.717) is 0 Å². The maximum Gasteiger partial charge on any atom is 0.172 e. The van der Waals surface area contributed by atoms with E-state index in [1.165, 1.54) is 5.57 Å². The van der Waals surface area contributed by atoms with Gasteiger partial charge in [-0.15, -0.1) is 0 Å². The standard InChI is InChI=1S/C10H14O2/c1-2-9-3-5-10(6-4-9)11-7-8-12-10/h2-3H,1,4-8H2. The van der Waals surface area contributed by atoms with Gasteiger partial charge in [0.25, 0.3) is 0 Å². The van der Waals surface area contributed by atoms with E-state index in [-0.39, 0.29) is 5.79 Å². The minimum absolute atomic E-state index is 0.271. The molecule has 0 aromatic heterocycles. The van der Waals surface area contributed by atoms with Gasteiger partial charge < -0.3 is 9.47 Å². The molecule has 0 aromatic rings. The average molecular weight is 166 g/mol. The van der Waals surface area contributed by atoms with Crippen LogP contribution in [0.15, 0.2) is 24.3 Å². The summed E-state index contributed by atoms with van der Waals surface area (Å²) in [6.07, 6.45) is 6.98. The van der Waals surface area contributed by atoms with Gasteiger partial charge in [-0.1, -0.05) is 24.3 Å². The fourth-order valence-corrected chi connectivity index (χ4v) is 1.77. The van der Waals surface area contributed by atoms with Gasteiger partial charge in [0, 0.05) is 12.8 Å². The lowest BCUT2D eigenvalue weighted by Gasteiger charge is -2.29. The minimum atomic E-state index is -0.271. The predicted octanol–water partition coefficient (Wildman–Crippen LogP) is 2.03. The highest BCUT2D eigenvalue weighted by molar-refractivity contribution is 5.19. The number of rotatable bonds is 1.